The first-order valence-corrected chi connectivity index (χ1v) is 6.24. The van der Waals surface area contributed by atoms with Gasteiger partial charge in [0.15, 0.2) is 5.60 Å². The van der Waals surface area contributed by atoms with Crippen LogP contribution in [-0.2, 0) is 11.2 Å². The molecule has 0 aromatic heterocycles. The van der Waals surface area contributed by atoms with E-state index in [1.165, 1.54) is 5.56 Å². The van der Waals surface area contributed by atoms with E-state index >= 15 is 0 Å². The molecule has 0 bridgehead atoms. The van der Waals surface area contributed by atoms with Gasteiger partial charge in [-0.1, -0.05) is 19.1 Å². The van der Waals surface area contributed by atoms with Crippen molar-refractivity contribution in [3.05, 3.63) is 29.8 Å². The summed E-state index contributed by atoms with van der Waals surface area (Å²) < 4.78 is 5.89. The van der Waals surface area contributed by atoms with Gasteiger partial charge in [-0.15, -0.1) is 0 Å². The third kappa shape index (κ3) is 2.43. The van der Waals surface area contributed by atoms with E-state index in [-0.39, 0.29) is 5.91 Å². The molecule has 0 unspecified atom stereocenters. The number of rotatable bonds is 4. The normalized spacial score (nSPS) is 17.9. The quantitative estimate of drug-likeness (QED) is 0.868. The highest BCUT2D eigenvalue weighted by Crippen LogP contribution is 2.34. The Balaban J connectivity index is 2.20. The van der Waals surface area contributed by atoms with E-state index < -0.39 is 5.60 Å². The molecule has 2 N–H and O–H groups in total. The molecule has 3 nitrogen and oxygen atoms in total. The van der Waals surface area contributed by atoms with E-state index in [4.69, 9.17) is 10.5 Å². The number of hydrogen-bond acceptors (Lipinski definition) is 2. The Hall–Kier alpha value is -1.51. The largest absolute Gasteiger partial charge is 0.477 e. The summed E-state index contributed by atoms with van der Waals surface area (Å²) in [6.45, 7) is 2.10. The molecule has 0 saturated heterocycles. The van der Waals surface area contributed by atoms with Gasteiger partial charge in [-0.25, -0.2) is 0 Å². The third-order valence-electron chi connectivity index (χ3n) is 3.48. The molecule has 0 atom stereocenters. The number of primary amides is 1. The summed E-state index contributed by atoms with van der Waals surface area (Å²) in [7, 11) is 0. The second kappa shape index (κ2) is 4.78. The SMILES string of the molecule is CCc1cccc(OC2(C(N)=O)CCCC2)c1. The van der Waals surface area contributed by atoms with E-state index in [0.29, 0.717) is 0 Å². The average molecular weight is 233 g/mol. The van der Waals surface area contributed by atoms with Crippen LogP contribution < -0.4 is 10.5 Å². The Morgan fingerprint density at radius 2 is 2.12 bits per heavy atom. The van der Waals surface area contributed by atoms with Gasteiger partial charge in [0.25, 0.3) is 5.91 Å². The van der Waals surface area contributed by atoms with Crippen LogP contribution in [0.4, 0.5) is 0 Å². The number of carbonyl (C=O) groups is 1. The third-order valence-corrected chi connectivity index (χ3v) is 3.48. The highest BCUT2D eigenvalue weighted by molar-refractivity contribution is 5.84. The minimum absolute atomic E-state index is 0.336. The van der Waals surface area contributed by atoms with Crippen LogP contribution >= 0.6 is 0 Å². The number of benzene rings is 1. The Bertz CT molecular complexity index is 408. The van der Waals surface area contributed by atoms with Gasteiger partial charge in [-0.2, -0.15) is 0 Å². The molecule has 1 aromatic rings. The number of aryl methyl sites for hydroxylation is 1. The molecule has 3 heteroatoms. The van der Waals surface area contributed by atoms with E-state index in [2.05, 4.69) is 13.0 Å². The minimum Gasteiger partial charge on any atom is -0.477 e. The van der Waals surface area contributed by atoms with Gasteiger partial charge in [0.1, 0.15) is 5.75 Å². The fourth-order valence-corrected chi connectivity index (χ4v) is 2.40. The van der Waals surface area contributed by atoms with Gasteiger partial charge >= 0.3 is 0 Å². The van der Waals surface area contributed by atoms with Crippen LogP contribution in [0.3, 0.4) is 0 Å². The fourth-order valence-electron chi connectivity index (χ4n) is 2.40. The summed E-state index contributed by atoms with van der Waals surface area (Å²) in [5.41, 5.74) is 5.92. The van der Waals surface area contributed by atoms with E-state index in [0.717, 1.165) is 37.9 Å². The molecule has 0 heterocycles. The Kier molecular flexibility index (Phi) is 3.36. The van der Waals surface area contributed by atoms with E-state index in [1.807, 2.05) is 18.2 Å². The molecule has 1 aromatic carbocycles. The van der Waals surface area contributed by atoms with Crippen molar-refractivity contribution in [2.24, 2.45) is 5.73 Å². The topological polar surface area (TPSA) is 52.3 Å². The second-order valence-electron chi connectivity index (χ2n) is 4.67. The lowest BCUT2D eigenvalue weighted by Gasteiger charge is -2.26. The number of hydrogen-bond donors (Lipinski definition) is 1. The van der Waals surface area contributed by atoms with Crippen molar-refractivity contribution in [2.75, 3.05) is 0 Å². The number of ether oxygens (including phenoxy) is 1. The maximum atomic E-state index is 11.6. The molecular weight excluding hydrogens is 214 g/mol. The van der Waals surface area contributed by atoms with Gasteiger partial charge in [-0.05, 0) is 49.8 Å². The van der Waals surface area contributed by atoms with Crippen LogP contribution in [0.25, 0.3) is 0 Å². The summed E-state index contributed by atoms with van der Waals surface area (Å²) >= 11 is 0. The lowest BCUT2D eigenvalue weighted by Crippen LogP contribution is -2.46. The predicted molar refractivity (Wildman–Crippen MR) is 66.8 cm³/mol. The summed E-state index contributed by atoms with van der Waals surface area (Å²) in [5.74, 6) is 0.418. The maximum Gasteiger partial charge on any atom is 0.261 e. The fraction of sp³-hybridized carbons (Fsp3) is 0.500. The van der Waals surface area contributed by atoms with Crippen molar-refractivity contribution in [1.29, 1.82) is 0 Å². The number of amides is 1. The van der Waals surface area contributed by atoms with Gasteiger partial charge in [0, 0.05) is 0 Å². The van der Waals surface area contributed by atoms with Gasteiger partial charge in [0.05, 0.1) is 0 Å². The molecular formula is C14H19NO2. The lowest BCUT2D eigenvalue weighted by molar-refractivity contribution is -0.132. The van der Waals surface area contributed by atoms with Crippen LogP contribution in [-0.4, -0.2) is 11.5 Å². The summed E-state index contributed by atoms with van der Waals surface area (Å²) in [6.07, 6.45) is 4.45. The van der Waals surface area contributed by atoms with Crippen LogP contribution in [0.5, 0.6) is 5.75 Å². The molecule has 1 amide bonds. The highest BCUT2D eigenvalue weighted by atomic mass is 16.5. The molecule has 2 rings (SSSR count). The van der Waals surface area contributed by atoms with Crippen molar-refractivity contribution in [3.63, 3.8) is 0 Å². The first kappa shape index (κ1) is 12.0. The highest BCUT2D eigenvalue weighted by Gasteiger charge is 2.42. The van der Waals surface area contributed by atoms with Crippen molar-refractivity contribution in [3.8, 4) is 5.75 Å². The van der Waals surface area contributed by atoms with Gasteiger partial charge < -0.3 is 10.5 Å². The van der Waals surface area contributed by atoms with E-state index in [9.17, 15) is 4.79 Å². The Morgan fingerprint density at radius 1 is 1.41 bits per heavy atom. The van der Waals surface area contributed by atoms with Gasteiger partial charge in [-0.3, -0.25) is 4.79 Å². The molecule has 17 heavy (non-hydrogen) atoms. The maximum absolute atomic E-state index is 11.6. The minimum atomic E-state index is -0.771. The Labute approximate surface area is 102 Å². The predicted octanol–water partition coefficient (Wildman–Crippen LogP) is 2.43. The second-order valence-corrected chi connectivity index (χ2v) is 4.67. The summed E-state index contributed by atoms with van der Waals surface area (Å²) in [5, 5.41) is 0. The van der Waals surface area contributed by atoms with Crippen molar-refractivity contribution < 1.29 is 9.53 Å². The average Bonchev–Trinajstić information content (AvgIpc) is 2.79. The van der Waals surface area contributed by atoms with Crippen LogP contribution in [0.15, 0.2) is 24.3 Å². The van der Waals surface area contributed by atoms with Crippen LogP contribution in [0.1, 0.15) is 38.2 Å². The van der Waals surface area contributed by atoms with E-state index in [1.54, 1.807) is 0 Å². The molecule has 0 spiro atoms. The molecule has 1 fully saturated rings. The lowest BCUT2D eigenvalue weighted by atomic mass is 10.0. The molecule has 1 saturated carbocycles. The van der Waals surface area contributed by atoms with Crippen molar-refractivity contribution >= 4 is 5.91 Å². The van der Waals surface area contributed by atoms with Crippen LogP contribution in [0, 0.1) is 0 Å². The molecule has 1 aliphatic rings. The van der Waals surface area contributed by atoms with Crippen molar-refractivity contribution in [1.82, 2.24) is 0 Å². The standard InChI is InChI=1S/C14H19NO2/c1-2-11-6-5-7-12(10-11)17-14(13(15)16)8-3-4-9-14/h5-7,10H,2-4,8-9H2,1H3,(H2,15,16). The first-order valence-electron chi connectivity index (χ1n) is 6.24. The molecule has 0 radical (unpaired) electrons. The Morgan fingerprint density at radius 3 is 2.71 bits per heavy atom. The number of carbonyl (C=O) groups excluding carboxylic acids is 1. The first-order chi connectivity index (χ1) is 8.16. The molecule has 1 aliphatic carbocycles. The molecule has 0 aliphatic heterocycles. The number of nitrogens with two attached hydrogens (primary N) is 1. The molecule has 92 valence electrons. The summed E-state index contributed by atoms with van der Waals surface area (Å²) in [4.78, 5) is 11.6. The van der Waals surface area contributed by atoms with Gasteiger partial charge in [0.2, 0.25) is 0 Å². The smallest absolute Gasteiger partial charge is 0.261 e. The zero-order valence-corrected chi connectivity index (χ0v) is 10.2. The monoisotopic (exact) mass is 233 g/mol. The van der Waals surface area contributed by atoms with Crippen LogP contribution in [0.2, 0.25) is 0 Å². The zero-order chi connectivity index (χ0) is 12.3. The summed E-state index contributed by atoms with van der Waals surface area (Å²) in [6, 6.07) is 7.89. The van der Waals surface area contributed by atoms with Crippen molar-refractivity contribution in [2.45, 2.75) is 44.6 Å². The zero-order valence-electron chi connectivity index (χ0n) is 10.2.